The van der Waals surface area contributed by atoms with Gasteiger partial charge in [-0.15, -0.1) is 0 Å². The average molecular weight is 363 g/mol. The van der Waals surface area contributed by atoms with Crippen LogP contribution in [0.2, 0.25) is 0 Å². The zero-order valence-electron chi connectivity index (χ0n) is 14.9. The highest BCUT2D eigenvalue weighted by Gasteiger charge is 2.71. The van der Waals surface area contributed by atoms with Gasteiger partial charge in [0.25, 0.3) is 0 Å². The molecule has 4 fully saturated rings. The lowest BCUT2D eigenvalue weighted by atomic mass is 9.53. The van der Waals surface area contributed by atoms with Gasteiger partial charge < -0.3 is 14.8 Å². The van der Waals surface area contributed by atoms with Crippen molar-refractivity contribution in [3.63, 3.8) is 0 Å². The molecule has 0 unspecified atom stereocenters. The molecule has 6 aliphatic rings. The summed E-state index contributed by atoms with van der Waals surface area (Å²) in [6.45, 7) is 1.98. The Bertz CT molecular complexity index is 956. The maximum Gasteiger partial charge on any atom is 0.250 e. The Labute approximate surface area is 157 Å². The molecular weight excluding hydrogens is 342 g/mol. The fraction of sp³-hybridized carbons (Fsp3) is 0.524. The first-order chi connectivity index (χ1) is 13.2. The lowest BCUT2D eigenvalue weighted by molar-refractivity contribution is -0.128. The Kier molecular flexibility index (Phi) is 2.48. The van der Waals surface area contributed by atoms with E-state index in [0.29, 0.717) is 18.4 Å². The number of carbonyl (C=O) groups is 1. The molecule has 1 amide bonds. The number of rotatable bonds is 0. The number of carbonyl (C=O) groups excluding carboxylic acids is 1. The molecule has 1 spiro atoms. The highest BCUT2D eigenvalue weighted by Crippen LogP contribution is 2.65. The van der Waals surface area contributed by atoms with Gasteiger partial charge in [-0.2, -0.15) is 0 Å². The second-order valence-electron chi connectivity index (χ2n) is 8.94. The van der Waals surface area contributed by atoms with E-state index in [2.05, 4.69) is 39.2 Å². The Morgan fingerprint density at radius 1 is 1.30 bits per heavy atom. The fourth-order valence-electron chi connectivity index (χ4n) is 7.52. The number of piperidine rings is 2. The van der Waals surface area contributed by atoms with Crippen molar-refractivity contribution in [2.45, 2.75) is 42.9 Å². The van der Waals surface area contributed by atoms with Crippen LogP contribution in [0.15, 0.2) is 41.1 Å². The summed E-state index contributed by atoms with van der Waals surface area (Å²) in [5.74, 6) is 1.07. The molecule has 0 aromatic heterocycles. The van der Waals surface area contributed by atoms with Gasteiger partial charge >= 0.3 is 0 Å². The molecule has 138 valence electrons. The summed E-state index contributed by atoms with van der Waals surface area (Å²) < 4.78 is 6.11. The van der Waals surface area contributed by atoms with Gasteiger partial charge in [0.2, 0.25) is 11.8 Å². The molecule has 0 radical (unpaired) electrons. The van der Waals surface area contributed by atoms with Crippen LogP contribution in [0.25, 0.3) is 0 Å². The van der Waals surface area contributed by atoms with Gasteiger partial charge in [0.05, 0.1) is 12.5 Å². The van der Waals surface area contributed by atoms with Crippen LogP contribution in [-0.4, -0.2) is 53.2 Å². The number of anilines is 1. The van der Waals surface area contributed by atoms with Crippen LogP contribution in [0.1, 0.15) is 24.8 Å². The minimum Gasteiger partial charge on any atom is -0.471 e. The Balaban J connectivity index is 1.53. The van der Waals surface area contributed by atoms with E-state index < -0.39 is 0 Å². The van der Waals surface area contributed by atoms with E-state index in [-0.39, 0.29) is 35.3 Å². The van der Waals surface area contributed by atoms with E-state index in [0.717, 1.165) is 31.6 Å². The molecule has 27 heavy (non-hydrogen) atoms. The largest absolute Gasteiger partial charge is 0.471 e. The van der Waals surface area contributed by atoms with Crippen molar-refractivity contribution >= 4 is 17.5 Å². The maximum absolute atomic E-state index is 13.3. The number of ether oxygens (including phenoxy) is 1. The third kappa shape index (κ3) is 1.48. The lowest BCUT2D eigenvalue weighted by Crippen LogP contribution is -2.69. The van der Waals surface area contributed by atoms with E-state index in [9.17, 15) is 10.0 Å². The molecule has 6 heteroatoms. The molecule has 1 N–H and O–H groups in total. The Morgan fingerprint density at radius 2 is 2.19 bits per heavy atom. The zero-order valence-corrected chi connectivity index (χ0v) is 14.9. The van der Waals surface area contributed by atoms with Crippen molar-refractivity contribution in [3.8, 4) is 0 Å². The second kappa shape index (κ2) is 4.55. The summed E-state index contributed by atoms with van der Waals surface area (Å²) in [4.78, 5) is 18.0. The molecule has 2 bridgehead atoms. The molecule has 1 aromatic rings. The van der Waals surface area contributed by atoms with Crippen molar-refractivity contribution < 1.29 is 14.7 Å². The van der Waals surface area contributed by atoms with Crippen LogP contribution in [0.3, 0.4) is 0 Å². The van der Waals surface area contributed by atoms with E-state index in [1.54, 1.807) is 0 Å². The molecule has 5 heterocycles. The molecule has 6 nitrogen and oxygen atoms in total. The van der Waals surface area contributed by atoms with Gasteiger partial charge in [-0.1, -0.05) is 18.2 Å². The van der Waals surface area contributed by atoms with Gasteiger partial charge in [-0.25, -0.2) is 0 Å². The SMILES string of the molecule is O=C1C[C@@H]2OC(=NO)C=C3CN4CC[C@]56c7ccccc7N1[C@H]5[C@H]2[C@H]3C[C@H]46. The number of amides is 1. The summed E-state index contributed by atoms with van der Waals surface area (Å²) in [5, 5.41) is 12.8. The number of nitrogens with zero attached hydrogens (tertiary/aromatic N) is 3. The second-order valence-corrected chi connectivity index (χ2v) is 8.94. The summed E-state index contributed by atoms with van der Waals surface area (Å²) in [6, 6.07) is 9.18. The Morgan fingerprint density at radius 3 is 3.07 bits per heavy atom. The van der Waals surface area contributed by atoms with Gasteiger partial charge in [-0.05, 0) is 47.7 Å². The zero-order chi connectivity index (χ0) is 17.9. The molecule has 1 aromatic carbocycles. The number of para-hydroxylation sites is 1. The van der Waals surface area contributed by atoms with Crippen LogP contribution in [0.5, 0.6) is 0 Å². The highest BCUT2D eigenvalue weighted by atomic mass is 16.5. The summed E-state index contributed by atoms with van der Waals surface area (Å²) in [5.41, 5.74) is 3.81. The van der Waals surface area contributed by atoms with Gasteiger partial charge in [0.15, 0.2) is 0 Å². The topological polar surface area (TPSA) is 65.4 Å². The number of oxime groups is 1. The predicted octanol–water partition coefficient (Wildman–Crippen LogP) is 1.88. The van der Waals surface area contributed by atoms with Crippen LogP contribution < -0.4 is 4.90 Å². The monoisotopic (exact) mass is 363 g/mol. The number of benzene rings is 1. The van der Waals surface area contributed by atoms with Gasteiger partial charge in [0.1, 0.15) is 6.10 Å². The smallest absolute Gasteiger partial charge is 0.250 e. The minimum atomic E-state index is -0.206. The van der Waals surface area contributed by atoms with Crippen molar-refractivity contribution in [1.82, 2.24) is 4.90 Å². The predicted molar refractivity (Wildman–Crippen MR) is 97.8 cm³/mol. The third-order valence-corrected chi connectivity index (χ3v) is 8.24. The van der Waals surface area contributed by atoms with Crippen molar-refractivity contribution in [2.75, 3.05) is 18.0 Å². The molecular formula is C21H21N3O3. The first-order valence-electron chi connectivity index (χ1n) is 9.97. The molecule has 1 saturated carbocycles. The summed E-state index contributed by atoms with van der Waals surface area (Å²) in [7, 11) is 0. The van der Waals surface area contributed by atoms with Crippen molar-refractivity contribution in [1.29, 1.82) is 0 Å². The standard InChI is InChI=1S/C21H21N3O3/c25-18-9-15-19-12-8-16-21(13-3-1-2-4-14(13)24(18)20(19)21)5-6-23(16)10-11(12)7-17(22-26)27-15/h1-4,7,12,15-16,19-20,26H,5-6,8-10H2/t12-,15-,16-,19-,20-,21+/m0/s1. The first kappa shape index (κ1) is 14.7. The van der Waals surface area contributed by atoms with E-state index in [4.69, 9.17) is 4.74 Å². The number of hydrogen-bond donors (Lipinski definition) is 1. The average Bonchev–Trinajstić information content (AvgIpc) is 3.16. The van der Waals surface area contributed by atoms with Crippen LogP contribution in [0.4, 0.5) is 5.69 Å². The quantitative estimate of drug-likeness (QED) is 0.565. The van der Waals surface area contributed by atoms with E-state index >= 15 is 0 Å². The molecule has 7 rings (SSSR count). The maximum atomic E-state index is 13.3. The lowest BCUT2D eigenvalue weighted by Gasteiger charge is -2.58. The Hall–Kier alpha value is -2.34. The fourth-order valence-corrected chi connectivity index (χ4v) is 7.52. The third-order valence-electron chi connectivity index (χ3n) is 8.24. The highest BCUT2D eigenvalue weighted by molar-refractivity contribution is 6.00. The molecule has 3 saturated heterocycles. The summed E-state index contributed by atoms with van der Waals surface area (Å²) in [6.07, 6.45) is 4.30. The summed E-state index contributed by atoms with van der Waals surface area (Å²) >= 11 is 0. The van der Waals surface area contributed by atoms with E-state index in [1.807, 2.05) is 6.08 Å². The molecule has 6 atom stereocenters. The normalized spacial score (nSPS) is 44.7. The van der Waals surface area contributed by atoms with Gasteiger partial charge in [0, 0.05) is 35.7 Å². The van der Waals surface area contributed by atoms with Crippen LogP contribution >= 0.6 is 0 Å². The van der Waals surface area contributed by atoms with Crippen LogP contribution in [-0.2, 0) is 14.9 Å². The number of hydrogen-bond acceptors (Lipinski definition) is 5. The number of fused-ring (bicyclic) bond motifs is 2. The first-order valence-corrected chi connectivity index (χ1v) is 9.97. The molecule has 5 aliphatic heterocycles. The van der Waals surface area contributed by atoms with Crippen molar-refractivity contribution in [2.24, 2.45) is 17.0 Å². The van der Waals surface area contributed by atoms with Crippen molar-refractivity contribution in [3.05, 3.63) is 41.5 Å². The van der Waals surface area contributed by atoms with E-state index in [1.165, 1.54) is 11.1 Å². The molecule has 1 aliphatic carbocycles. The van der Waals surface area contributed by atoms with Gasteiger partial charge in [-0.3, -0.25) is 9.69 Å². The minimum absolute atomic E-state index is 0.0157. The van der Waals surface area contributed by atoms with Crippen LogP contribution in [0, 0.1) is 11.8 Å².